The monoisotopic (exact) mass is 275 g/mol. The summed E-state index contributed by atoms with van der Waals surface area (Å²) in [7, 11) is 0. The molecule has 0 spiro atoms. The first-order valence-corrected chi connectivity index (χ1v) is 8.21. The van der Waals surface area contributed by atoms with E-state index in [1.54, 1.807) is 11.3 Å². The molecule has 1 saturated heterocycles. The van der Waals surface area contributed by atoms with Crippen LogP contribution in [0.4, 0.5) is 0 Å². The fraction of sp³-hybridized carbons (Fsp3) is 0.667. The third kappa shape index (κ3) is 2.95. The molecule has 2 atom stereocenters. The van der Waals surface area contributed by atoms with Crippen LogP contribution < -0.4 is 5.32 Å². The Kier molecular flexibility index (Phi) is 5.01. The average Bonchev–Trinajstić information content (AvgIpc) is 2.73. The lowest BCUT2D eigenvalue weighted by Crippen LogP contribution is -2.31. The van der Waals surface area contributed by atoms with Gasteiger partial charge in [-0.05, 0) is 36.6 Å². The van der Waals surface area contributed by atoms with Gasteiger partial charge in [-0.15, -0.1) is 11.3 Å². The van der Waals surface area contributed by atoms with Crippen LogP contribution in [0.3, 0.4) is 0 Å². The van der Waals surface area contributed by atoms with Gasteiger partial charge in [0.05, 0.1) is 11.1 Å². The van der Waals surface area contributed by atoms with Gasteiger partial charge < -0.3 is 5.32 Å². The van der Waals surface area contributed by atoms with Crippen molar-refractivity contribution in [3.05, 3.63) is 21.3 Å². The molecule has 1 aliphatic rings. The van der Waals surface area contributed by atoms with E-state index in [0.29, 0.717) is 11.3 Å². The number of thiophene rings is 1. The first-order chi connectivity index (χ1) is 7.83. The van der Waals surface area contributed by atoms with Gasteiger partial charge in [-0.2, -0.15) is 11.8 Å². The van der Waals surface area contributed by atoms with Gasteiger partial charge in [-0.1, -0.05) is 24.9 Å². The molecule has 4 heteroatoms. The van der Waals surface area contributed by atoms with Crippen LogP contribution in [0.25, 0.3) is 0 Å². The molecule has 16 heavy (non-hydrogen) atoms. The van der Waals surface area contributed by atoms with E-state index >= 15 is 0 Å². The van der Waals surface area contributed by atoms with Gasteiger partial charge in [0.25, 0.3) is 0 Å². The molecule has 1 N–H and O–H groups in total. The van der Waals surface area contributed by atoms with E-state index in [-0.39, 0.29) is 0 Å². The van der Waals surface area contributed by atoms with Crippen LogP contribution in [0.1, 0.15) is 37.1 Å². The van der Waals surface area contributed by atoms with Gasteiger partial charge in [-0.3, -0.25) is 0 Å². The largest absolute Gasteiger partial charge is 0.309 e. The van der Waals surface area contributed by atoms with Gasteiger partial charge in [0.2, 0.25) is 0 Å². The molecule has 1 aromatic heterocycles. The molecule has 1 aromatic rings. The van der Waals surface area contributed by atoms with E-state index in [9.17, 15) is 0 Å². The normalized spacial score (nSPS) is 23.2. The molecule has 0 aromatic carbocycles. The molecule has 2 heterocycles. The highest BCUT2D eigenvalue weighted by atomic mass is 35.5. The van der Waals surface area contributed by atoms with Crippen molar-refractivity contribution < 1.29 is 0 Å². The minimum absolute atomic E-state index is 0.447. The standard InChI is InChI=1S/C12H18ClNS2/c1-2-14-11(10-5-3-4-7-15-10)12-9(13)6-8-16-12/h6,8,10-11,14H,2-5,7H2,1H3. The number of hydrogen-bond acceptors (Lipinski definition) is 3. The Labute approximate surface area is 111 Å². The summed E-state index contributed by atoms with van der Waals surface area (Å²) in [6.07, 6.45) is 4.05. The van der Waals surface area contributed by atoms with E-state index in [4.69, 9.17) is 11.6 Å². The lowest BCUT2D eigenvalue weighted by atomic mass is 10.1. The van der Waals surface area contributed by atoms with Crippen molar-refractivity contribution in [3.8, 4) is 0 Å². The summed E-state index contributed by atoms with van der Waals surface area (Å²) in [5, 5.41) is 7.32. The van der Waals surface area contributed by atoms with Crippen LogP contribution >= 0.6 is 34.7 Å². The van der Waals surface area contributed by atoms with Crippen LogP contribution in [0.5, 0.6) is 0 Å². The van der Waals surface area contributed by atoms with E-state index in [1.165, 1.54) is 29.9 Å². The smallest absolute Gasteiger partial charge is 0.0561 e. The van der Waals surface area contributed by atoms with Crippen molar-refractivity contribution in [1.82, 2.24) is 5.32 Å². The molecule has 0 amide bonds. The van der Waals surface area contributed by atoms with Gasteiger partial charge in [0.1, 0.15) is 0 Å². The van der Waals surface area contributed by atoms with Crippen molar-refractivity contribution in [2.75, 3.05) is 12.3 Å². The number of thioether (sulfide) groups is 1. The highest BCUT2D eigenvalue weighted by Gasteiger charge is 2.27. The van der Waals surface area contributed by atoms with E-state index in [0.717, 1.165) is 11.6 Å². The van der Waals surface area contributed by atoms with Crippen LogP contribution in [0.2, 0.25) is 5.02 Å². The maximum Gasteiger partial charge on any atom is 0.0561 e. The summed E-state index contributed by atoms with van der Waals surface area (Å²) in [6, 6.07) is 2.46. The second-order valence-corrected chi connectivity index (χ2v) is 6.78. The molecule has 0 bridgehead atoms. The van der Waals surface area contributed by atoms with Crippen molar-refractivity contribution in [1.29, 1.82) is 0 Å². The minimum Gasteiger partial charge on any atom is -0.309 e. The maximum absolute atomic E-state index is 6.25. The highest BCUT2D eigenvalue weighted by Crippen LogP contribution is 2.39. The number of hydrogen-bond donors (Lipinski definition) is 1. The van der Waals surface area contributed by atoms with E-state index in [2.05, 4.69) is 29.4 Å². The first-order valence-electron chi connectivity index (χ1n) is 5.90. The number of halogens is 1. The summed E-state index contributed by atoms with van der Waals surface area (Å²) in [5.74, 6) is 1.30. The average molecular weight is 276 g/mol. The molecule has 0 radical (unpaired) electrons. The summed E-state index contributed by atoms with van der Waals surface area (Å²) in [4.78, 5) is 1.32. The molecular weight excluding hydrogens is 258 g/mol. The SMILES string of the molecule is CCNC(c1sccc1Cl)C1CCCCS1. The topological polar surface area (TPSA) is 12.0 Å². The van der Waals surface area contributed by atoms with E-state index < -0.39 is 0 Å². The summed E-state index contributed by atoms with van der Waals surface area (Å²) >= 11 is 10.1. The second-order valence-electron chi connectivity index (χ2n) is 4.07. The molecule has 2 rings (SSSR count). The predicted molar refractivity (Wildman–Crippen MR) is 75.8 cm³/mol. The zero-order chi connectivity index (χ0) is 11.4. The van der Waals surface area contributed by atoms with Crippen LogP contribution in [0, 0.1) is 0 Å². The Balaban J connectivity index is 2.12. The van der Waals surface area contributed by atoms with Crippen molar-refractivity contribution in [3.63, 3.8) is 0 Å². The Bertz CT molecular complexity index is 321. The molecular formula is C12H18ClNS2. The summed E-state index contributed by atoms with van der Waals surface area (Å²) in [6.45, 7) is 3.18. The Hall–Kier alpha value is 0.300. The van der Waals surface area contributed by atoms with E-state index in [1.807, 2.05) is 6.07 Å². The molecule has 1 fully saturated rings. The van der Waals surface area contributed by atoms with Crippen LogP contribution in [0.15, 0.2) is 11.4 Å². The predicted octanol–water partition coefficient (Wildman–Crippen LogP) is 4.34. The van der Waals surface area contributed by atoms with Gasteiger partial charge in [-0.25, -0.2) is 0 Å². The van der Waals surface area contributed by atoms with Crippen molar-refractivity contribution >= 4 is 34.7 Å². The zero-order valence-electron chi connectivity index (χ0n) is 9.54. The summed E-state index contributed by atoms with van der Waals surface area (Å²) in [5.41, 5.74) is 0. The Morgan fingerprint density at radius 3 is 3.00 bits per heavy atom. The van der Waals surface area contributed by atoms with Crippen molar-refractivity contribution in [2.45, 2.75) is 37.5 Å². The van der Waals surface area contributed by atoms with Gasteiger partial charge in [0.15, 0.2) is 0 Å². The molecule has 0 aliphatic carbocycles. The molecule has 90 valence electrons. The fourth-order valence-corrected chi connectivity index (χ4v) is 5.00. The third-order valence-corrected chi connectivity index (χ3v) is 5.84. The Morgan fingerprint density at radius 2 is 2.44 bits per heavy atom. The summed E-state index contributed by atoms with van der Waals surface area (Å²) < 4.78 is 0. The fourth-order valence-electron chi connectivity index (χ4n) is 2.17. The highest BCUT2D eigenvalue weighted by molar-refractivity contribution is 8.00. The quantitative estimate of drug-likeness (QED) is 0.877. The van der Waals surface area contributed by atoms with Crippen molar-refractivity contribution in [2.24, 2.45) is 0 Å². The minimum atomic E-state index is 0.447. The third-order valence-electron chi connectivity index (χ3n) is 2.94. The van der Waals surface area contributed by atoms with Gasteiger partial charge >= 0.3 is 0 Å². The second kappa shape index (κ2) is 6.29. The molecule has 0 saturated carbocycles. The lowest BCUT2D eigenvalue weighted by molar-refractivity contribution is 0.497. The number of nitrogens with one attached hydrogen (secondary N) is 1. The number of rotatable bonds is 4. The Morgan fingerprint density at radius 1 is 1.56 bits per heavy atom. The first kappa shape index (κ1) is 12.7. The van der Waals surface area contributed by atoms with Gasteiger partial charge in [0, 0.05) is 10.1 Å². The lowest BCUT2D eigenvalue weighted by Gasteiger charge is -2.30. The molecule has 1 nitrogen and oxygen atoms in total. The zero-order valence-corrected chi connectivity index (χ0v) is 11.9. The molecule has 2 unspecified atom stereocenters. The molecule has 1 aliphatic heterocycles. The maximum atomic E-state index is 6.25. The van der Waals surface area contributed by atoms with Crippen LogP contribution in [-0.2, 0) is 0 Å². The van der Waals surface area contributed by atoms with Crippen LogP contribution in [-0.4, -0.2) is 17.5 Å².